The van der Waals surface area contributed by atoms with E-state index in [2.05, 4.69) is 12.2 Å². The number of carbonyl (C=O) groups is 1. The van der Waals surface area contributed by atoms with E-state index in [-0.39, 0.29) is 5.91 Å². The van der Waals surface area contributed by atoms with Crippen LogP contribution in [0.25, 0.3) is 0 Å². The molecule has 0 heterocycles. The quantitative estimate of drug-likeness (QED) is 0.677. The first-order valence-corrected chi connectivity index (χ1v) is 5.22. The zero-order chi connectivity index (χ0) is 9.47. The van der Waals surface area contributed by atoms with Crippen molar-refractivity contribution in [3.8, 4) is 0 Å². The molecule has 0 saturated heterocycles. The van der Waals surface area contributed by atoms with Crippen molar-refractivity contribution < 1.29 is 4.79 Å². The van der Waals surface area contributed by atoms with E-state index in [1.165, 1.54) is 19.3 Å². The largest absolute Gasteiger partial charge is 0.352 e. The fourth-order valence-electron chi connectivity index (χ4n) is 1.77. The fourth-order valence-corrected chi connectivity index (χ4v) is 1.77. The van der Waals surface area contributed by atoms with Gasteiger partial charge in [-0.05, 0) is 38.5 Å². The van der Waals surface area contributed by atoms with Gasteiger partial charge in [0.25, 0.3) is 0 Å². The van der Waals surface area contributed by atoms with Gasteiger partial charge in [-0.2, -0.15) is 0 Å². The van der Waals surface area contributed by atoms with Crippen molar-refractivity contribution in [2.75, 3.05) is 0 Å². The van der Waals surface area contributed by atoms with Gasteiger partial charge in [0.05, 0.1) is 5.54 Å². The van der Waals surface area contributed by atoms with Crippen LogP contribution in [0.1, 0.15) is 39.0 Å². The van der Waals surface area contributed by atoms with Crippen molar-refractivity contribution in [1.29, 1.82) is 0 Å². The lowest BCUT2D eigenvalue weighted by Gasteiger charge is -2.32. The second-order valence-electron chi connectivity index (χ2n) is 4.61. The first-order valence-electron chi connectivity index (χ1n) is 5.22. The van der Waals surface area contributed by atoms with Gasteiger partial charge in [-0.3, -0.25) is 4.79 Å². The molecule has 2 saturated carbocycles. The van der Waals surface area contributed by atoms with Crippen LogP contribution in [0.4, 0.5) is 0 Å². The smallest absolute Gasteiger partial charge is 0.240 e. The summed E-state index contributed by atoms with van der Waals surface area (Å²) in [4.78, 5) is 11.5. The molecule has 1 amide bonds. The monoisotopic (exact) mass is 182 g/mol. The Morgan fingerprint density at radius 1 is 1.54 bits per heavy atom. The SMILES string of the molecule is CC(NC(=O)C1(N)CC1)C1CCC1. The summed E-state index contributed by atoms with van der Waals surface area (Å²) in [5, 5.41) is 3.02. The van der Waals surface area contributed by atoms with Gasteiger partial charge in [-0.1, -0.05) is 6.42 Å². The normalized spacial score (nSPS) is 27.5. The highest BCUT2D eigenvalue weighted by atomic mass is 16.2. The molecule has 0 radical (unpaired) electrons. The number of nitrogens with two attached hydrogens (primary N) is 1. The van der Waals surface area contributed by atoms with Crippen LogP contribution in [-0.2, 0) is 4.79 Å². The third kappa shape index (κ3) is 1.70. The zero-order valence-electron chi connectivity index (χ0n) is 8.18. The molecule has 13 heavy (non-hydrogen) atoms. The summed E-state index contributed by atoms with van der Waals surface area (Å²) in [6, 6.07) is 0.322. The van der Waals surface area contributed by atoms with Crippen LogP contribution in [0.15, 0.2) is 0 Å². The number of hydrogen-bond acceptors (Lipinski definition) is 2. The van der Waals surface area contributed by atoms with Gasteiger partial charge < -0.3 is 11.1 Å². The Bertz CT molecular complexity index is 219. The van der Waals surface area contributed by atoms with Crippen LogP contribution in [0.5, 0.6) is 0 Å². The minimum atomic E-state index is -0.502. The number of amides is 1. The molecule has 2 aliphatic rings. The standard InChI is InChI=1S/C10H18N2O/c1-7(8-3-2-4-8)12-9(13)10(11)5-6-10/h7-8H,2-6,11H2,1H3,(H,12,13). The van der Waals surface area contributed by atoms with E-state index in [9.17, 15) is 4.79 Å². The van der Waals surface area contributed by atoms with Crippen LogP contribution >= 0.6 is 0 Å². The van der Waals surface area contributed by atoms with E-state index in [1.807, 2.05) is 0 Å². The summed E-state index contributed by atoms with van der Waals surface area (Å²) in [7, 11) is 0. The first-order chi connectivity index (χ1) is 6.12. The molecule has 0 aromatic carbocycles. The van der Waals surface area contributed by atoms with Crippen molar-refractivity contribution in [3.05, 3.63) is 0 Å². The molecule has 3 heteroatoms. The summed E-state index contributed by atoms with van der Waals surface area (Å²) in [5.74, 6) is 0.762. The third-order valence-electron chi connectivity index (χ3n) is 3.46. The molecule has 2 aliphatic carbocycles. The highest BCUT2D eigenvalue weighted by molar-refractivity contribution is 5.89. The molecule has 0 spiro atoms. The molecule has 74 valence electrons. The molecule has 0 aliphatic heterocycles. The van der Waals surface area contributed by atoms with Gasteiger partial charge in [0, 0.05) is 6.04 Å². The van der Waals surface area contributed by atoms with Gasteiger partial charge in [-0.25, -0.2) is 0 Å². The van der Waals surface area contributed by atoms with Crippen LogP contribution in [-0.4, -0.2) is 17.5 Å². The van der Waals surface area contributed by atoms with E-state index in [0.717, 1.165) is 12.8 Å². The van der Waals surface area contributed by atoms with E-state index in [1.54, 1.807) is 0 Å². The Morgan fingerprint density at radius 2 is 2.15 bits per heavy atom. The number of rotatable bonds is 3. The molecule has 0 bridgehead atoms. The molecule has 2 rings (SSSR count). The van der Waals surface area contributed by atoms with Crippen molar-refractivity contribution in [1.82, 2.24) is 5.32 Å². The van der Waals surface area contributed by atoms with Gasteiger partial charge in [-0.15, -0.1) is 0 Å². The average Bonchev–Trinajstić information content (AvgIpc) is 2.64. The maximum atomic E-state index is 11.5. The summed E-state index contributed by atoms with van der Waals surface area (Å²) >= 11 is 0. The summed E-state index contributed by atoms with van der Waals surface area (Å²) in [5.41, 5.74) is 5.28. The number of hydrogen-bond donors (Lipinski definition) is 2. The molecule has 3 nitrogen and oxygen atoms in total. The Balaban J connectivity index is 1.79. The van der Waals surface area contributed by atoms with Gasteiger partial charge >= 0.3 is 0 Å². The van der Waals surface area contributed by atoms with E-state index in [4.69, 9.17) is 5.73 Å². The third-order valence-corrected chi connectivity index (χ3v) is 3.46. The predicted octanol–water partition coefficient (Wildman–Crippen LogP) is 0.782. The highest BCUT2D eigenvalue weighted by Crippen LogP contribution is 2.34. The second kappa shape index (κ2) is 2.98. The van der Waals surface area contributed by atoms with Crippen molar-refractivity contribution in [2.45, 2.75) is 50.6 Å². The number of carbonyl (C=O) groups excluding carboxylic acids is 1. The number of nitrogens with one attached hydrogen (secondary N) is 1. The maximum absolute atomic E-state index is 11.5. The topological polar surface area (TPSA) is 55.1 Å². The van der Waals surface area contributed by atoms with Crippen LogP contribution in [0, 0.1) is 5.92 Å². The van der Waals surface area contributed by atoms with Crippen molar-refractivity contribution in [2.24, 2.45) is 11.7 Å². The van der Waals surface area contributed by atoms with E-state index < -0.39 is 5.54 Å². The molecular weight excluding hydrogens is 164 g/mol. The van der Waals surface area contributed by atoms with Gasteiger partial charge in [0.1, 0.15) is 0 Å². The molecule has 0 aromatic heterocycles. The molecule has 1 unspecified atom stereocenters. The summed E-state index contributed by atoms with van der Waals surface area (Å²) in [6.07, 6.45) is 5.56. The Morgan fingerprint density at radius 3 is 2.54 bits per heavy atom. The molecule has 1 atom stereocenters. The lowest BCUT2D eigenvalue weighted by molar-refractivity contribution is -0.124. The lowest BCUT2D eigenvalue weighted by Crippen LogP contribution is -2.49. The zero-order valence-corrected chi connectivity index (χ0v) is 8.18. The predicted molar refractivity (Wildman–Crippen MR) is 51.1 cm³/mol. The summed E-state index contributed by atoms with van der Waals surface area (Å²) in [6.45, 7) is 2.09. The Kier molecular flexibility index (Phi) is 2.06. The molecule has 2 fully saturated rings. The maximum Gasteiger partial charge on any atom is 0.240 e. The highest BCUT2D eigenvalue weighted by Gasteiger charge is 2.46. The van der Waals surface area contributed by atoms with E-state index in [0.29, 0.717) is 12.0 Å². The van der Waals surface area contributed by atoms with Crippen LogP contribution in [0.2, 0.25) is 0 Å². The lowest BCUT2D eigenvalue weighted by atomic mass is 9.80. The Labute approximate surface area is 79.1 Å². The molecule has 0 aromatic rings. The Hall–Kier alpha value is -0.570. The minimum absolute atomic E-state index is 0.0619. The van der Waals surface area contributed by atoms with Crippen molar-refractivity contribution in [3.63, 3.8) is 0 Å². The molecular formula is C10H18N2O. The van der Waals surface area contributed by atoms with Crippen LogP contribution in [0.3, 0.4) is 0 Å². The van der Waals surface area contributed by atoms with Gasteiger partial charge in [0.2, 0.25) is 5.91 Å². The molecule has 3 N–H and O–H groups in total. The second-order valence-corrected chi connectivity index (χ2v) is 4.61. The van der Waals surface area contributed by atoms with E-state index >= 15 is 0 Å². The fraction of sp³-hybridized carbons (Fsp3) is 0.900. The minimum Gasteiger partial charge on any atom is -0.352 e. The average molecular weight is 182 g/mol. The summed E-state index contributed by atoms with van der Waals surface area (Å²) < 4.78 is 0. The van der Waals surface area contributed by atoms with Crippen LogP contribution < -0.4 is 11.1 Å². The van der Waals surface area contributed by atoms with Crippen molar-refractivity contribution >= 4 is 5.91 Å². The van der Waals surface area contributed by atoms with Gasteiger partial charge in [0.15, 0.2) is 0 Å². The first kappa shape index (κ1) is 9.00.